The van der Waals surface area contributed by atoms with Crippen molar-refractivity contribution in [3.05, 3.63) is 35.4 Å². The first kappa shape index (κ1) is 16.0. The molecular formula is C18H25N3O2. The van der Waals surface area contributed by atoms with Crippen LogP contribution in [0.3, 0.4) is 0 Å². The fourth-order valence-corrected chi connectivity index (χ4v) is 3.65. The maximum atomic E-state index is 12.8. The van der Waals surface area contributed by atoms with Crippen molar-refractivity contribution in [2.75, 3.05) is 40.3 Å². The number of hydrogen-bond acceptors (Lipinski definition) is 3. The fourth-order valence-electron chi connectivity index (χ4n) is 3.65. The van der Waals surface area contributed by atoms with Crippen LogP contribution in [0.2, 0.25) is 0 Å². The minimum Gasteiger partial charge on any atom is -0.345 e. The number of rotatable bonds is 2. The Labute approximate surface area is 137 Å². The van der Waals surface area contributed by atoms with Crippen LogP contribution in [0, 0.1) is 11.8 Å². The van der Waals surface area contributed by atoms with Crippen LogP contribution in [0.5, 0.6) is 0 Å². The number of carbonyl (C=O) groups excluding carboxylic acids is 2. The van der Waals surface area contributed by atoms with Crippen molar-refractivity contribution in [1.82, 2.24) is 15.1 Å². The number of nitrogens with zero attached hydrogens (tertiary/aromatic N) is 2. The van der Waals surface area contributed by atoms with Crippen molar-refractivity contribution >= 4 is 11.8 Å². The highest BCUT2D eigenvalue weighted by molar-refractivity contribution is 5.99. The number of nitrogens with one attached hydrogen (secondary N) is 1. The Balaban J connectivity index is 1.72. The van der Waals surface area contributed by atoms with E-state index in [0.29, 0.717) is 23.0 Å². The molecule has 1 N–H and O–H groups in total. The molecule has 0 saturated carbocycles. The summed E-state index contributed by atoms with van der Waals surface area (Å²) in [6, 6.07) is 7.08. The summed E-state index contributed by atoms with van der Waals surface area (Å²) in [5.74, 6) is 1.38. The van der Waals surface area contributed by atoms with E-state index in [1.807, 2.05) is 11.0 Å². The summed E-state index contributed by atoms with van der Waals surface area (Å²) in [5.41, 5.74) is 1.18. The van der Waals surface area contributed by atoms with Gasteiger partial charge in [-0.2, -0.15) is 0 Å². The summed E-state index contributed by atoms with van der Waals surface area (Å²) in [5, 5.41) is 3.45. The quantitative estimate of drug-likeness (QED) is 0.899. The van der Waals surface area contributed by atoms with Gasteiger partial charge >= 0.3 is 0 Å². The second kappa shape index (κ2) is 6.71. The third-order valence-electron chi connectivity index (χ3n) is 5.07. The van der Waals surface area contributed by atoms with E-state index in [0.717, 1.165) is 39.0 Å². The topological polar surface area (TPSA) is 52.7 Å². The molecule has 0 spiro atoms. The Morgan fingerprint density at radius 2 is 1.70 bits per heavy atom. The van der Waals surface area contributed by atoms with E-state index in [1.165, 1.54) is 4.90 Å². The molecule has 2 fully saturated rings. The zero-order valence-corrected chi connectivity index (χ0v) is 13.9. The highest BCUT2D eigenvalue weighted by Crippen LogP contribution is 2.27. The molecule has 3 rings (SSSR count). The Morgan fingerprint density at radius 3 is 2.30 bits per heavy atom. The Kier molecular flexibility index (Phi) is 4.66. The van der Waals surface area contributed by atoms with Crippen LogP contribution < -0.4 is 5.32 Å². The zero-order chi connectivity index (χ0) is 16.4. The average molecular weight is 315 g/mol. The molecule has 0 unspecified atom stereocenters. The molecule has 1 aromatic carbocycles. The third-order valence-corrected chi connectivity index (χ3v) is 5.07. The standard InChI is InChI=1S/C18H25N3O2/c1-20(2)17(22)13-4-3-5-14(10-13)18(23)21-8-6-15-11-19-12-16(15)7-9-21/h3-5,10,15-16,19H,6-9,11-12H2,1-2H3/t15-,16+. The van der Waals surface area contributed by atoms with Gasteiger partial charge in [-0.3, -0.25) is 9.59 Å². The summed E-state index contributed by atoms with van der Waals surface area (Å²) in [4.78, 5) is 28.4. The molecular weight excluding hydrogens is 290 g/mol. The van der Waals surface area contributed by atoms with Crippen molar-refractivity contribution in [3.63, 3.8) is 0 Å². The van der Waals surface area contributed by atoms with Gasteiger partial charge in [-0.1, -0.05) is 6.07 Å². The van der Waals surface area contributed by atoms with Crippen LogP contribution in [0.25, 0.3) is 0 Å². The molecule has 0 aliphatic carbocycles. The van der Waals surface area contributed by atoms with Crippen molar-refractivity contribution < 1.29 is 9.59 Å². The number of carbonyl (C=O) groups is 2. The fraction of sp³-hybridized carbons (Fsp3) is 0.556. The van der Waals surface area contributed by atoms with Crippen LogP contribution in [0.4, 0.5) is 0 Å². The van der Waals surface area contributed by atoms with E-state index in [9.17, 15) is 9.59 Å². The lowest BCUT2D eigenvalue weighted by atomic mass is 9.92. The van der Waals surface area contributed by atoms with Gasteiger partial charge in [0.2, 0.25) is 0 Å². The summed E-state index contributed by atoms with van der Waals surface area (Å²) in [7, 11) is 3.44. The summed E-state index contributed by atoms with van der Waals surface area (Å²) < 4.78 is 0. The van der Waals surface area contributed by atoms with E-state index < -0.39 is 0 Å². The van der Waals surface area contributed by atoms with Gasteiger partial charge in [-0.05, 0) is 56.0 Å². The van der Waals surface area contributed by atoms with Crippen LogP contribution >= 0.6 is 0 Å². The van der Waals surface area contributed by atoms with E-state index in [2.05, 4.69) is 5.32 Å². The Hall–Kier alpha value is -1.88. The minimum absolute atomic E-state index is 0.0475. The molecule has 5 heteroatoms. The number of hydrogen-bond donors (Lipinski definition) is 1. The first-order valence-electron chi connectivity index (χ1n) is 8.38. The Morgan fingerprint density at radius 1 is 1.09 bits per heavy atom. The average Bonchev–Trinajstić information content (AvgIpc) is 2.92. The van der Waals surface area contributed by atoms with Gasteiger partial charge in [-0.25, -0.2) is 0 Å². The minimum atomic E-state index is -0.0730. The summed E-state index contributed by atoms with van der Waals surface area (Å²) >= 11 is 0. The van der Waals surface area contributed by atoms with Gasteiger partial charge < -0.3 is 15.1 Å². The largest absolute Gasteiger partial charge is 0.345 e. The second-order valence-electron chi connectivity index (χ2n) is 6.83. The molecule has 0 aromatic heterocycles. The van der Waals surface area contributed by atoms with Crippen molar-refractivity contribution in [2.24, 2.45) is 11.8 Å². The molecule has 2 saturated heterocycles. The SMILES string of the molecule is CN(C)C(=O)c1cccc(C(=O)N2CC[C@@H]3CNC[C@@H]3CC2)c1. The molecule has 2 amide bonds. The van der Waals surface area contributed by atoms with Gasteiger partial charge in [0, 0.05) is 38.3 Å². The molecule has 0 bridgehead atoms. The van der Waals surface area contributed by atoms with Crippen molar-refractivity contribution in [1.29, 1.82) is 0 Å². The van der Waals surface area contributed by atoms with E-state index in [1.54, 1.807) is 32.3 Å². The number of likely N-dealkylation sites (tertiary alicyclic amines) is 1. The normalized spacial score (nSPS) is 24.0. The molecule has 124 valence electrons. The molecule has 1 aromatic rings. The highest BCUT2D eigenvalue weighted by Gasteiger charge is 2.31. The highest BCUT2D eigenvalue weighted by atomic mass is 16.2. The van der Waals surface area contributed by atoms with Gasteiger partial charge in [0.05, 0.1) is 0 Å². The predicted octanol–water partition coefficient (Wildman–Crippen LogP) is 1.46. The van der Waals surface area contributed by atoms with Crippen LogP contribution in [0.1, 0.15) is 33.6 Å². The molecule has 2 heterocycles. The lowest BCUT2D eigenvalue weighted by Gasteiger charge is -2.21. The number of amides is 2. The first-order valence-corrected chi connectivity index (χ1v) is 8.38. The van der Waals surface area contributed by atoms with Crippen molar-refractivity contribution in [2.45, 2.75) is 12.8 Å². The third kappa shape index (κ3) is 3.39. The molecule has 2 aliphatic heterocycles. The van der Waals surface area contributed by atoms with E-state index >= 15 is 0 Å². The smallest absolute Gasteiger partial charge is 0.253 e. The Bertz CT molecular complexity index is 586. The molecule has 5 nitrogen and oxygen atoms in total. The van der Waals surface area contributed by atoms with Gasteiger partial charge in [-0.15, -0.1) is 0 Å². The molecule has 2 atom stereocenters. The first-order chi connectivity index (χ1) is 11.1. The maximum absolute atomic E-state index is 12.8. The maximum Gasteiger partial charge on any atom is 0.253 e. The monoisotopic (exact) mass is 315 g/mol. The van der Waals surface area contributed by atoms with Gasteiger partial charge in [0.25, 0.3) is 11.8 Å². The van der Waals surface area contributed by atoms with E-state index in [-0.39, 0.29) is 11.8 Å². The zero-order valence-electron chi connectivity index (χ0n) is 13.9. The predicted molar refractivity (Wildman–Crippen MR) is 89.4 cm³/mol. The second-order valence-corrected chi connectivity index (χ2v) is 6.83. The lowest BCUT2D eigenvalue weighted by Crippen LogP contribution is -2.33. The number of benzene rings is 1. The molecule has 2 aliphatic rings. The van der Waals surface area contributed by atoms with Gasteiger partial charge in [0.15, 0.2) is 0 Å². The lowest BCUT2D eigenvalue weighted by molar-refractivity contribution is 0.0758. The van der Waals surface area contributed by atoms with Gasteiger partial charge in [0.1, 0.15) is 0 Å². The van der Waals surface area contributed by atoms with Crippen LogP contribution in [0.15, 0.2) is 24.3 Å². The number of fused-ring (bicyclic) bond motifs is 1. The van der Waals surface area contributed by atoms with Crippen LogP contribution in [-0.2, 0) is 0 Å². The van der Waals surface area contributed by atoms with Crippen LogP contribution in [-0.4, -0.2) is 61.9 Å². The molecule has 23 heavy (non-hydrogen) atoms. The summed E-state index contributed by atoms with van der Waals surface area (Å²) in [6.07, 6.45) is 2.14. The van der Waals surface area contributed by atoms with E-state index in [4.69, 9.17) is 0 Å². The summed E-state index contributed by atoms with van der Waals surface area (Å²) in [6.45, 7) is 3.79. The molecule has 0 radical (unpaired) electrons. The van der Waals surface area contributed by atoms with Crippen molar-refractivity contribution in [3.8, 4) is 0 Å².